The Kier molecular flexibility index (Phi) is 4.93. The predicted molar refractivity (Wildman–Crippen MR) is 90.2 cm³/mol. The highest BCUT2D eigenvalue weighted by Crippen LogP contribution is 2.31. The number of carbonyl (C=O) groups excluding carboxylic acids is 1. The summed E-state index contributed by atoms with van der Waals surface area (Å²) >= 11 is 0. The molecular formula is C19H22N2O2. The van der Waals surface area contributed by atoms with Crippen molar-refractivity contribution in [3.63, 3.8) is 0 Å². The van der Waals surface area contributed by atoms with E-state index in [1.807, 2.05) is 54.6 Å². The van der Waals surface area contributed by atoms with Gasteiger partial charge in [0.05, 0.1) is 0 Å². The first-order valence-electron chi connectivity index (χ1n) is 8.03. The third-order valence-corrected chi connectivity index (χ3v) is 4.09. The van der Waals surface area contributed by atoms with Crippen molar-refractivity contribution in [1.29, 1.82) is 0 Å². The topological polar surface area (TPSA) is 64.3 Å². The summed E-state index contributed by atoms with van der Waals surface area (Å²) in [5.41, 5.74) is 7.67. The number of ether oxygens (including phenoxy) is 1. The van der Waals surface area contributed by atoms with Crippen LogP contribution in [-0.2, 0) is 6.61 Å². The summed E-state index contributed by atoms with van der Waals surface area (Å²) in [5, 5.41) is 2.90. The Morgan fingerprint density at radius 3 is 2.48 bits per heavy atom. The van der Waals surface area contributed by atoms with Gasteiger partial charge in [-0.3, -0.25) is 4.79 Å². The van der Waals surface area contributed by atoms with Crippen molar-refractivity contribution in [2.45, 2.75) is 25.5 Å². The lowest BCUT2D eigenvalue weighted by molar-refractivity contribution is 0.0950. The van der Waals surface area contributed by atoms with E-state index in [2.05, 4.69) is 5.32 Å². The van der Waals surface area contributed by atoms with Crippen molar-refractivity contribution in [1.82, 2.24) is 5.32 Å². The zero-order chi connectivity index (χ0) is 16.1. The van der Waals surface area contributed by atoms with Crippen LogP contribution in [0.5, 0.6) is 5.75 Å². The van der Waals surface area contributed by atoms with E-state index < -0.39 is 0 Å². The van der Waals surface area contributed by atoms with E-state index in [-0.39, 0.29) is 11.9 Å². The second-order valence-corrected chi connectivity index (χ2v) is 6.01. The van der Waals surface area contributed by atoms with Crippen LogP contribution in [0.1, 0.15) is 28.8 Å². The molecule has 120 valence electrons. The van der Waals surface area contributed by atoms with Gasteiger partial charge in [0.15, 0.2) is 0 Å². The number of nitrogens with one attached hydrogen (secondary N) is 1. The van der Waals surface area contributed by atoms with E-state index in [0.717, 1.165) is 11.3 Å². The van der Waals surface area contributed by atoms with Crippen LogP contribution in [-0.4, -0.2) is 18.5 Å². The van der Waals surface area contributed by atoms with Crippen molar-refractivity contribution >= 4 is 5.91 Å². The lowest BCUT2D eigenvalue weighted by Crippen LogP contribution is -2.38. The molecule has 3 N–H and O–H groups in total. The zero-order valence-electron chi connectivity index (χ0n) is 13.1. The van der Waals surface area contributed by atoms with Crippen LogP contribution in [0.4, 0.5) is 0 Å². The summed E-state index contributed by atoms with van der Waals surface area (Å²) in [6.45, 7) is 1.03. The van der Waals surface area contributed by atoms with Gasteiger partial charge in [-0.1, -0.05) is 30.3 Å². The molecule has 0 aromatic heterocycles. The van der Waals surface area contributed by atoms with Crippen LogP contribution in [0.2, 0.25) is 0 Å². The molecule has 1 aliphatic rings. The Balaban J connectivity index is 1.48. The molecule has 23 heavy (non-hydrogen) atoms. The molecule has 0 saturated heterocycles. The fourth-order valence-corrected chi connectivity index (χ4v) is 2.44. The third kappa shape index (κ3) is 4.57. The van der Waals surface area contributed by atoms with Gasteiger partial charge in [-0.05, 0) is 48.6 Å². The van der Waals surface area contributed by atoms with Gasteiger partial charge >= 0.3 is 0 Å². The summed E-state index contributed by atoms with van der Waals surface area (Å²) < 4.78 is 5.69. The summed E-state index contributed by atoms with van der Waals surface area (Å²) in [6, 6.07) is 17.2. The Morgan fingerprint density at radius 2 is 1.83 bits per heavy atom. The minimum atomic E-state index is -0.0726. The molecule has 0 radical (unpaired) electrons. The number of hydrogen-bond donors (Lipinski definition) is 2. The van der Waals surface area contributed by atoms with Gasteiger partial charge in [-0.25, -0.2) is 0 Å². The average Bonchev–Trinajstić information content (AvgIpc) is 3.44. The van der Waals surface area contributed by atoms with Gasteiger partial charge in [0.2, 0.25) is 0 Å². The summed E-state index contributed by atoms with van der Waals surface area (Å²) in [7, 11) is 0. The predicted octanol–water partition coefficient (Wildman–Crippen LogP) is 2.73. The number of nitrogens with two attached hydrogens (primary N) is 1. The van der Waals surface area contributed by atoms with E-state index in [0.29, 0.717) is 24.6 Å². The molecule has 0 aliphatic heterocycles. The monoisotopic (exact) mass is 310 g/mol. The van der Waals surface area contributed by atoms with Gasteiger partial charge < -0.3 is 15.8 Å². The van der Waals surface area contributed by atoms with Crippen molar-refractivity contribution < 1.29 is 9.53 Å². The van der Waals surface area contributed by atoms with Crippen molar-refractivity contribution in [3.8, 4) is 5.75 Å². The van der Waals surface area contributed by atoms with Crippen molar-refractivity contribution in [2.75, 3.05) is 6.54 Å². The van der Waals surface area contributed by atoms with Crippen LogP contribution in [0, 0.1) is 5.92 Å². The molecule has 2 aromatic rings. The standard InChI is InChI=1S/C19H22N2O2/c20-18(15-10-11-15)12-21-19(22)16-8-6-14(7-9-16)13-23-17-4-2-1-3-5-17/h1-9,15,18H,10-13,20H2,(H,21,22). The highest BCUT2D eigenvalue weighted by atomic mass is 16.5. The Hall–Kier alpha value is -2.33. The lowest BCUT2D eigenvalue weighted by atomic mass is 10.1. The smallest absolute Gasteiger partial charge is 0.251 e. The molecule has 1 unspecified atom stereocenters. The number of amides is 1. The van der Waals surface area contributed by atoms with Crippen LogP contribution in [0.25, 0.3) is 0 Å². The van der Waals surface area contributed by atoms with Crippen LogP contribution in [0.3, 0.4) is 0 Å². The van der Waals surface area contributed by atoms with E-state index in [1.165, 1.54) is 12.8 Å². The molecule has 0 bridgehead atoms. The number of benzene rings is 2. The summed E-state index contributed by atoms with van der Waals surface area (Å²) in [5.74, 6) is 1.35. The zero-order valence-corrected chi connectivity index (χ0v) is 13.1. The number of carbonyl (C=O) groups is 1. The van der Waals surface area contributed by atoms with E-state index in [4.69, 9.17) is 10.5 Å². The maximum atomic E-state index is 12.1. The fourth-order valence-electron chi connectivity index (χ4n) is 2.44. The van der Waals surface area contributed by atoms with Gasteiger partial charge in [-0.2, -0.15) is 0 Å². The summed E-state index contributed by atoms with van der Waals surface area (Å²) in [4.78, 5) is 12.1. The van der Waals surface area contributed by atoms with Crippen LogP contribution >= 0.6 is 0 Å². The van der Waals surface area contributed by atoms with Crippen molar-refractivity contribution in [3.05, 3.63) is 65.7 Å². The van der Waals surface area contributed by atoms with Crippen LogP contribution in [0.15, 0.2) is 54.6 Å². The van der Waals surface area contributed by atoms with E-state index >= 15 is 0 Å². The van der Waals surface area contributed by atoms with Gasteiger partial charge in [0.1, 0.15) is 12.4 Å². The SMILES string of the molecule is NC(CNC(=O)c1ccc(COc2ccccc2)cc1)C1CC1. The quantitative estimate of drug-likeness (QED) is 0.826. The number of hydrogen-bond acceptors (Lipinski definition) is 3. The normalized spacial score (nSPS) is 15.0. The fraction of sp³-hybridized carbons (Fsp3) is 0.316. The molecule has 4 nitrogen and oxygen atoms in total. The Labute approximate surface area is 136 Å². The van der Waals surface area contributed by atoms with Gasteiger partial charge in [-0.15, -0.1) is 0 Å². The van der Waals surface area contributed by atoms with Crippen LogP contribution < -0.4 is 15.8 Å². The second-order valence-electron chi connectivity index (χ2n) is 6.01. The molecule has 1 aliphatic carbocycles. The number of para-hydroxylation sites is 1. The number of rotatable bonds is 7. The molecule has 4 heteroatoms. The molecule has 0 heterocycles. The molecular weight excluding hydrogens is 288 g/mol. The summed E-state index contributed by atoms with van der Waals surface area (Å²) in [6.07, 6.45) is 2.38. The molecule has 1 saturated carbocycles. The molecule has 3 rings (SSSR count). The molecule has 1 amide bonds. The second kappa shape index (κ2) is 7.29. The molecule has 1 fully saturated rings. The maximum Gasteiger partial charge on any atom is 0.251 e. The highest BCUT2D eigenvalue weighted by Gasteiger charge is 2.28. The highest BCUT2D eigenvalue weighted by molar-refractivity contribution is 5.94. The Bertz CT molecular complexity index is 636. The van der Waals surface area contributed by atoms with Gasteiger partial charge in [0.25, 0.3) is 5.91 Å². The minimum absolute atomic E-state index is 0.0726. The average molecular weight is 310 g/mol. The first kappa shape index (κ1) is 15.6. The molecule has 1 atom stereocenters. The third-order valence-electron chi connectivity index (χ3n) is 4.09. The maximum absolute atomic E-state index is 12.1. The molecule has 2 aromatic carbocycles. The first-order chi connectivity index (χ1) is 11.2. The van der Waals surface area contributed by atoms with Crippen molar-refractivity contribution in [2.24, 2.45) is 11.7 Å². The van der Waals surface area contributed by atoms with E-state index in [1.54, 1.807) is 0 Å². The molecule has 0 spiro atoms. The first-order valence-corrected chi connectivity index (χ1v) is 8.03. The minimum Gasteiger partial charge on any atom is -0.489 e. The largest absolute Gasteiger partial charge is 0.489 e. The van der Waals surface area contributed by atoms with E-state index in [9.17, 15) is 4.79 Å². The van der Waals surface area contributed by atoms with Gasteiger partial charge in [0, 0.05) is 18.2 Å². The Morgan fingerprint density at radius 1 is 1.13 bits per heavy atom. The lowest BCUT2D eigenvalue weighted by Gasteiger charge is -2.12.